The Labute approximate surface area is 128 Å². The van der Waals surface area contributed by atoms with Crippen molar-refractivity contribution in [3.8, 4) is 11.6 Å². The molecule has 0 amide bonds. The summed E-state index contributed by atoms with van der Waals surface area (Å²) in [5.74, 6) is -0.825. The average molecular weight is 312 g/mol. The highest BCUT2D eigenvalue weighted by molar-refractivity contribution is 5.83. The van der Waals surface area contributed by atoms with Gasteiger partial charge in [-0.3, -0.25) is 14.3 Å². The normalized spacial score (nSPS) is 11.2. The summed E-state index contributed by atoms with van der Waals surface area (Å²) in [5, 5.41) is 25.1. The van der Waals surface area contributed by atoms with Crippen molar-refractivity contribution in [1.82, 2.24) is 30.2 Å². The standard InChI is InChI=1S/C13H11N7O3/c1-7-3-2-4-8(5-7)20-11(22)9(10(21)15-13(20)23)6-14-12-16-18-19-17-12/h2-6,22H,1H3,(H,15,21,23)(H,16,17,18,19)/p-1. The van der Waals surface area contributed by atoms with E-state index < -0.39 is 17.1 Å². The van der Waals surface area contributed by atoms with E-state index in [4.69, 9.17) is 0 Å². The van der Waals surface area contributed by atoms with E-state index in [1.54, 1.807) is 18.2 Å². The van der Waals surface area contributed by atoms with Gasteiger partial charge in [-0.1, -0.05) is 17.2 Å². The Morgan fingerprint density at radius 1 is 1.35 bits per heavy atom. The number of hydrogen-bond acceptors (Lipinski definition) is 7. The van der Waals surface area contributed by atoms with Crippen LogP contribution in [-0.2, 0) is 0 Å². The fraction of sp³-hybridized carbons (Fsp3) is 0.0769. The first kappa shape index (κ1) is 14.4. The van der Waals surface area contributed by atoms with Crippen LogP contribution in [0.2, 0.25) is 0 Å². The number of nitrogens with zero attached hydrogens (tertiary/aromatic N) is 5. The molecule has 0 fully saturated rings. The summed E-state index contributed by atoms with van der Waals surface area (Å²) in [6, 6.07) is 6.77. The first-order valence-electron chi connectivity index (χ1n) is 6.47. The fourth-order valence-electron chi connectivity index (χ4n) is 1.98. The van der Waals surface area contributed by atoms with E-state index >= 15 is 0 Å². The monoisotopic (exact) mass is 312 g/mol. The maximum atomic E-state index is 12.5. The van der Waals surface area contributed by atoms with Crippen molar-refractivity contribution < 1.29 is 5.11 Å². The number of tetrazole rings is 1. The molecule has 0 saturated carbocycles. The smallest absolute Gasteiger partial charge is 0.332 e. The predicted molar refractivity (Wildman–Crippen MR) is 78.3 cm³/mol. The number of aliphatic imine (C=N–C) groups is 1. The predicted octanol–water partition coefficient (Wildman–Crippen LogP) is -0.828. The third-order valence-corrected chi connectivity index (χ3v) is 3.00. The summed E-state index contributed by atoms with van der Waals surface area (Å²) in [7, 11) is 0. The molecule has 0 unspecified atom stereocenters. The van der Waals surface area contributed by atoms with Crippen molar-refractivity contribution in [2.24, 2.45) is 4.99 Å². The van der Waals surface area contributed by atoms with Gasteiger partial charge in [-0.25, -0.2) is 9.79 Å². The van der Waals surface area contributed by atoms with Crippen LogP contribution in [-0.4, -0.2) is 36.4 Å². The molecular formula is C13H10N7O3-. The summed E-state index contributed by atoms with van der Waals surface area (Å²) in [6.07, 6.45) is 0.998. The molecule has 0 aliphatic carbocycles. The number of aromatic nitrogens is 6. The van der Waals surface area contributed by atoms with Crippen molar-refractivity contribution >= 4 is 12.2 Å². The summed E-state index contributed by atoms with van der Waals surface area (Å²) >= 11 is 0. The lowest BCUT2D eigenvalue weighted by molar-refractivity contribution is -0.278. The lowest BCUT2D eigenvalue weighted by Crippen LogP contribution is -2.34. The largest absolute Gasteiger partial charge is 0.859 e. The zero-order chi connectivity index (χ0) is 16.4. The maximum Gasteiger partial charge on any atom is 0.332 e. The van der Waals surface area contributed by atoms with Gasteiger partial charge in [0.15, 0.2) is 0 Å². The summed E-state index contributed by atoms with van der Waals surface area (Å²) in [6.45, 7) is 1.82. The summed E-state index contributed by atoms with van der Waals surface area (Å²) in [5.41, 5.74) is -0.748. The Bertz CT molecular complexity index is 986. The van der Waals surface area contributed by atoms with E-state index in [0.29, 0.717) is 5.69 Å². The van der Waals surface area contributed by atoms with E-state index in [2.05, 4.69) is 30.6 Å². The second kappa shape index (κ2) is 5.67. The number of nitrogens with one attached hydrogen (secondary N) is 2. The minimum atomic E-state index is -0.837. The highest BCUT2D eigenvalue weighted by Crippen LogP contribution is 2.14. The van der Waals surface area contributed by atoms with Gasteiger partial charge in [-0.05, 0) is 35.7 Å². The lowest BCUT2D eigenvalue weighted by atomic mass is 10.2. The minimum Gasteiger partial charge on any atom is -0.859 e. The Morgan fingerprint density at radius 2 is 2.17 bits per heavy atom. The molecule has 0 aliphatic heterocycles. The molecule has 0 aliphatic rings. The zero-order valence-corrected chi connectivity index (χ0v) is 11.8. The van der Waals surface area contributed by atoms with Crippen LogP contribution < -0.4 is 16.4 Å². The van der Waals surface area contributed by atoms with Gasteiger partial charge in [0.2, 0.25) is 0 Å². The molecule has 1 aromatic carbocycles. The van der Waals surface area contributed by atoms with E-state index in [9.17, 15) is 14.7 Å². The zero-order valence-electron chi connectivity index (χ0n) is 11.8. The van der Waals surface area contributed by atoms with Gasteiger partial charge in [-0.2, -0.15) is 5.21 Å². The average Bonchev–Trinajstić information content (AvgIpc) is 3.00. The highest BCUT2D eigenvalue weighted by atomic mass is 16.3. The molecule has 0 spiro atoms. The van der Waals surface area contributed by atoms with Gasteiger partial charge in [-0.15, -0.1) is 5.10 Å². The van der Waals surface area contributed by atoms with Gasteiger partial charge >= 0.3 is 5.69 Å². The summed E-state index contributed by atoms with van der Waals surface area (Å²) < 4.78 is 0.867. The molecule has 10 nitrogen and oxygen atoms in total. The molecule has 116 valence electrons. The molecule has 23 heavy (non-hydrogen) atoms. The lowest BCUT2D eigenvalue weighted by Gasteiger charge is -2.18. The Morgan fingerprint density at radius 3 is 2.87 bits per heavy atom. The first-order valence-corrected chi connectivity index (χ1v) is 6.47. The molecule has 10 heteroatoms. The molecule has 2 N–H and O–H groups in total. The second-order valence-electron chi connectivity index (χ2n) is 4.62. The van der Waals surface area contributed by atoms with Crippen molar-refractivity contribution in [2.45, 2.75) is 6.92 Å². The van der Waals surface area contributed by atoms with Gasteiger partial charge in [0, 0.05) is 11.9 Å². The summed E-state index contributed by atoms with van der Waals surface area (Å²) in [4.78, 5) is 29.7. The Balaban J connectivity index is 2.17. The Kier molecular flexibility index (Phi) is 3.55. The second-order valence-corrected chi connectivity index (χ2v) is 4.62. The molecule has 0 saturated heterocycles. The van der Waals surface area contributed by atoms with Crippen molar-refractivity contribution in [2.75, 3.05) is 0 Å². The molecule has 0 bridgehead atoms. The molecule has 2 heterocycles. The highest BCUT2D eigenvalue weighted by Gasteiger charge is 2.08. The fourth-order valence-corrected chi connectivity index (χ4v) is 1.98. The van der Waals surface area contributed by atoms with Crippen LogP contribution in [0.5, 0.6) is 5.88 Å². The quantitative estimate of drug-likeness (QED) is 0.604. The van der Waals surface area contributed by atoms with Crippen LogP contribution in [0.4, 0.5) is 5.95 Å². The number of rotatable bonds is 3. The van der Waals surface area contributed by atoms with E-state index in [1.807, 2.05) is 13.0 Å². The number of benzene rings is 1. The van der Waals surface area contributed by atoms with Crippen molar-refractivity contribution in [3.63, 3.8) is 0 Å². The van der Waals surface area contributed by atoms with E-state index in [0.717, 1.165) is 16.3 Å². The maximum absolute atomic E-state index is 12.5. The van der Waals surface area contributed by atoms with Gasteiger partial charge < -0.3 is 5.11 Å². The van der Waals surface area contributed by atoms with E-state index in [1.165, 1.54) is 0 Å². The van der Waals surface area contributed by atoms with Gasteiger partial charge in [0.1, 0.15) is 0 Å². The van der Waals surface area contributed by atoms with Crippen LogP contribution in [0.1, 0.15) is 11.1 Å². The molecule has 0 radical (unpaired) electrons. The number of aromatic amines is 2. The third-order valence-electron chi connectivity index (χ3n) is 3.00. The third kappa shape index (κ3) is 2.77. The number of aryl methyl sites for hydroxylation is 1. The molecule has 3 aromatic rings. The van der Waals surface area contributed by atoms with Crippen LogP contribution in [0, 0.1) is 6.92 Å². The topological polar surface area (TPSA) is 145 Å². The van der Waals surface area contributed by atoms with Crippen molar-refractivity contribution in [1.29, 1.82) is 0 Å². The van der Waals surface area contributed by atoms with Crippen LogP contribution in [0.15, 0.2) is 38.8 Å². The van der Waals surface area contributed by atoms with Crippen molar-refractivity contribution in [3.05, 3.63) is 56.2 Å². The number of hydrogen-bond donors (Lipinski definition) is 2. The van der Waals surface area contributed by atoms with E-state index in [-0.39, 0.29) is 11.5 Å². The molecular weight excluding hydrogens is 302 g/mol. The Hall–Kier alpha value is -3.56. The SMILES string of the molecule is Cc1cccc(-n2c([O-])c(C=Nc3nn[nH]n3)c(=O)[nH]c2=O)c1. The van der Waals surface area contributed by atoms with Gasteiger partial charge in [0.25, 0.3) is 11.5 Å². The van der Waals surface area contributed by atoms with Crippen LogP contribution in [0.3, 0.4) is 0 Å². The molecule has 0 atom stereocenters. The minimum absolute atomic E-state index is 0.0443. The molecule has 2 aromatic heterocycles. The van der Waals surface area contributed by atoms with Crippen LogP contribution in [0.25, 0.3) is 5.69 Å². The van der Waals surface area contributed by atoms with Gasteiger partial charge in [0.05, 0.1) is 5.56 Å². The molecule has 3 rings (SSSR count). The number of H-pyrrole nitrogens is 2. The van der Waals surface area contributed by atoms with Crippen LogP contribution >= 0.6 is 0 Å². The first-order chi connectivity index (χ1) is 11.1.